The van der Waals surface area contributed by atoms with Crippen molar-refractivity contribution in [3.63, 3.8) is 0 Å². The Morgan fingerprint density at radius 2 is 1.85 bits per heavy atom. The number of hydrogen-bond acceptors (Lipinski definition) is 5. The molecule has 3 aliphatic rings. The van der Waals surface area contributed by atoms with Crippen LogP contribution < -0.4 is 4.74 Å². The van der Waals surface area contributed by atoms with Crippen LogP contribution >= 0.6 is 11.6 Å². The number of nitrogens with zero attached hydrogens (tertiary/aromatic N) is 2. The summed E-state index contributed by atoms with van der Waals surface area (Å²) in [6.07, 6.45) is 4.69. The zero-order valence-electron chi connectivity index (χ0n) is 20.3. The number of piperidine rings is 1. The van der Waals surface area contributed by atoms with Gasteiger partial charge in [0.05, 0.1) is 10.6 Å². The summed E-state index contributed by atoms with van der Waals surface area (Å²) in [4.78, 5) is 15.7. The number of aliphatic hydroxyl groups is 1. The third-order valence-electron chi connectivity index (χ3n) is 8.86. The summed E-state index contributed by atoms with van der Waals surface area (Å²) in [6.45, 7) is 11.2. The number of carbonyl (C=O) groups is 1. The van der Waals surface area contributed by atoms with E-state index in [1.807, 2.05) is 0 Å². The van der Waals surface area contributed by atoms with Gasteiger partial charge >= 0.3 is 0 Å². The van der Waals surface area contributed by atoms with E-state index in [9.17, 15) is 9.90 Å². The van der Waals surface area contributed by atoms with Crippen molar-refractivity contribution in [1.29, 1.82) is 5.26 Å². The van der Waals surface area contributed by atoms with Crippen molar-refractivity contribution in [2.24, 2.45) is 28.6 Å². The SMILES string of the molecule is CC1(C)C(CC(=O)C2CC(N3CCC(CO)CC3)C2)C(C)(C)C1Oc1ccc(C#N)c(Cl)c1. The Balaban J connectivity index is 1.31. The molecule has 1 N–H and O–H groups in total. The van der Waals surface area contributed by atoms with E-state index in [1.54, 1.807) is 18.2 Å². The van der Waals surface area contributed by atoms with Crippen LogP contribution in [-0.4, -0.2) is 47.6 Å². The molecule has 4 rings (SSSR count). The van der Waals surface area contributed by atoms with Crippen LogP contribution in [0.15, 0.2) is 18.2 Å². The molecular weight excluding hydrogens is 436 g/mol. The lowest BCUT2D eigenvalue weighted by Crippen LogP contribution is -2.66. The number of rotatable bonds is 7. The van der Waals surface area contributed by atoms with E-state index in [4.69, 9.17) is 21.6 Å². The number of carbonyl (C=O) groups excluding carboxylic acids is 1. The summed E-state index contributed by atoms with van der Waals surface area (Å²) in [6, 6.07) is 7.82. The minimum atomic E-state index is -0.130. The third-order valence-corrected chi connectivity index (χ3v) is 9.17. The second-order valence-corrected chi connectivity index (χ2v) is 12.0. The van der Waals surface area contributed by atoms with Gasteiger partial charge in [-0.25, -0.2) is 0 Å². The number of hydrogen-bond donors (Lipinski definition) is 1. The summed E-state index contributed by atoms with van der Waals surface area (Å²) in [5.41, 5.74) is 0.181. The Hall–Kier alpha value is -1.61. The van der Waals surface area contributed by atoms with Crippen LogP contribution in [0.3, 0.4) is 0 Å². The summed E-state index contributed by atoms with van der Waals surface area (Å²) in [5, 5.41) is 18.8. The second kappa shape index (κ2) is 9.21. The fraction of sp³-hybridized carbons (Fsp3) is 0.704. The molecule has 0 spiro atoms. The Morgan fingerprint density at radius 3 is 2.39 bits per heavy atom. The van der Waals surface area contributed by atoms with E-state index in [0.29, 0.717) is 47.1 Å². The maximum absolute atomic E-state index is 13.2. The number of likely N-dealkylation sites (tertiary alicyclic amines) is 1. The van der Waals surface area contributed by atoms with Gasteiger partial charge in [-0.3, -0.25) is 4.79 Å². The largest absolute Gasteiger partial charge is 0.489 e. The number of Topliss-reactive ketones (excluding diaryl/α,β-unsaturated/α-hetero) is 1. The highest BCUT2D eigenvalue weighted by Gasteiger charge is 2.63. The minimum Gasteiger partial charge on any atom is -0.489 e. The van der Waals surface area contributed by atoms with Crippen LogP contribution in [-0.2, 0) is 4.79 Å². The average Bonchev–Trinajstić information content (AvgIpc) is 2.75. The van der Waals surface area contributed by atoms with Gasteiger partial charge in [-0.2, -0.15) is 5.26 Å². The molecule has 1 aromatic carbocycles. The Labute approximate surface area is 203 Å². The summed E-state index contributed by atoms with van der Waals surface area (Å²) >= 11 is 6.19. The number of ether oxygens (including phenoxy) is 1. The quantitative estimate of drug-likeness (QED) is 0.598. The van der Waals surface area contributed by atoms with Crippen LogP contribution in [0.2, 0.25) is 5.02 Å². The van der Waals surface area contributed by atoms with Crippen LogP contribution in [0, 0.1) is 39.9 Å². The molecule has 0 amide bonds. The van der Waals surface area contributed by atoms with Crippen molar-refractivity contribution in [2.75, 3.05) is 19.7 Å². The Kier molecular flexibility index (Phi) is 6.84. The molecule has 5 nitrogen and oxygen atoms in total. The predicted molar refractivity (Wildman–Crippen MR) is 129 cm³/mol. The van der Waals surface area contributed by atoms with Crippen molar-refractivity contribution in [2.45, 2.75) is 71.9 Å². The smallest absolute Gasteiger partial charge is 0.136 e. The zero-order chi connectivity index (χ0) is 24.0. The van der Waals surface area contributed by atoms with E-state index in [1.165, 1.54) is 0 Å². The first kappa shape index (κ1) is 24.5. The highest BCUT2D eigenvalue weighted by molar-refractivity contribution is 6.31. The number of halogens is 1. The van der Waals surface area contributed by atoms with E-state index in [0.717, 1.165) is 38.8 Å². The van der Waals surface area contributed by atoms with E-state index >= 15 is 0 Å². The van der Waals surface area contributed by atoms with Crippen LogP contribution in [0.25, 0.3) is 0 Å². The molecule has 3 fully saturated rings. The molecule has 2 aliphatic carbocycles. The summed E-state index contributed by atoms with van der Waals surface area (Å²) in [5.74, 6) is 1.98. The van der Waals surface area contributed by atoms with Gasteiger partial charge < -0.3 is 14.7 Å². The molecule has 0 aromatic heterocycles. The van der Waals surface area contributed by atoms with Crippen molar-refractivity contribution < 1.29 is 14.6 Å². The lowest BCUT2D eigenvalue weighted by Gasteiger charge is -2.63. The maximum atomic E-state index is 13.2. The van der Waals surface area contributed by atoms with Gasteiger partial charge in [-0.05, 0) is 62.7 Å². The molecule has 0 atom stereocenters. The fourth-order valence-corrected chi connectivity index (χ4v) is 7.04. The van der Waals surface area contributed by atoms with Crippen molar-refractivity contribution in [1.82, 2.24) is 4.90 Å². The van der Waals surface area contributed by atoms with Crippen molar-refractivity contribution >= 4 is 17.4 Å². The van der Waals surface area contributed by atoms with Crippen molar-refractivity contribution in [3.8, 4) is 11.8 Å². The van der Waals surface area contributed by atoms with Gasteiger partial charge in [0.15, 0.2) is 0 Å². The topological polar surface area (TPSA) is 73.6 Å². The zero-order valence-corrected chi connectivity index (χ0v) is 21.1. The highest BCUT2D eigenvalue weighted by atomic mass is 35.5. The van der Waals surface area contributed by atoms with E-state index < -0.39 is 0 Å². The molecule has 0 unspecified atom stereocenters. The number of nitriles is 1. The molecule has 1 saturated heterocycles. The molecule has 2 saturated carbocycles. The van der Waals surface area contributed by atoms with Gasteiger partial charge in [-0.15, -0.1) is 0 Å². The molecule has 33 heavy (non-hydrogen) atoms. The number of benzene rings is 1. The summed E-state index contributed by atoms with van der Waals surface area (Å²) in [7, 11) is 0. The number of ketones is 1. The molecule has 6 heteroatoms. The molecule has 1 heterocycles. The molecular formula is C27H37ClN2O3. The molecule has 1 aliphatic heterocycles. The first-order valence-electron chi connectivity index (χ1n) is 12.3. The van der Waals surface area contributed by atoms with Crippen molar-refractivity contribution in [3.05, 3.63) is 28.8 Å². The molecule has 0 radical (unpaired) electrons. The normalized spacial score (nSPS) is 31.2. The summed E-state index contributed by atoms with van der Waals surface area (Å²) < 4.78 is 6.36. The predicted octanol–water partition coefficient (Wildman–Crippen LogP) is 5.08. The van der Waals surface area contributed by atoms with E-state index in [2.05, 4.69) is 38.7 Å². The standard InChI is InChI=1S/C27H37ClN2O3/c1-26(2)24(27(3,4)25(26)33-21-6-5-18(15-29)22(28)13-21)14-23(32)19-11-20(12-19)30-9-7-17(16-31)8-10-30/h5-6,13,17,19-20,24-25,31H,7-12,14,16H2,1-4H3. The van der Waals surface area contributed by atoms with Gasteiger partial charge in [0.25, 0.3) is 0 Å². The monoisotopic (exact) mass is 472 g/mol. The second-order valence-electron chi connectivity index (χ2n) is 11.6. The van der Waals surface area contributed by atoms with E-state index in [-0.39, 0.29) is 28.8 Å². The average molecular weight is 473 g/mol. The molecule has 180 valence electrons. The fourth-order valence-electron chi connectivity index (χ4n) is 6.83. The van der Waals surface area contributed by atoms with Gasteiger partial charge in [-0.1, -0.05) is 39.3 Å². The third kappa shape index (κ3) is 4.55. The van der Waals surface area contributed by atoms with Crippen LogP contribution in [0.1, 0.15) is 65.4 Å². The Morgan fingerprint density at radius 1 is 1.21 bits per heavy atom. The van der Waals surface area contributed by atoms with Gasteiger partial charge in [0.1, 0.15) is 23.7 Å². The molecule has 0 bridgehead atoms. The van der Waals surface area contributed by atoms with Gasteiger partial charge in [0.2, 0.25) is 0 Å². The minimum absolute atomic E-state index is 0.0336. The lowest BCUT2D eigenvalue weighted by molar-refractivity contribution is -0.202. The van der Waals surface area contributed by atoms with Gasteiger partial charge in [0, 0.05) is 41.9 Å². The first-order chi connectivity index (χ1) is 15.6. The number of aliphatic hydroxyl groups excluding tert-OH is 1. The maximum Gasteiger partial charge on any atom is 0.136 e. The highest BCUT2D eigenvalue weighted by Crippen LogP contribution is 2.62. The first-order valence-corrected chi connectivity index (χ1v) is 12.7. The van der Waals surface area contributed by atoms with Crippen LogP contribution in [0.5, 0.6) is 5.75 Å². The lowest BCUT2D eigenvalue weighted by atomic mass is 9.44. The molecule has 1 aromatic rings. The van der Waals surface area contributed by atoms with Crippen LogP contribution in [0.4, 0.5) is 0 Å². The Bertz CT molecular complexity index is 908.